The highest BCUT2D eigenvalue weighted by atomic mass is 32.2. The molecule has 98 valence electrons. The summed E-state index contributed by atoms with van der Waals surface area (Å²) in [5.41, 5.74) is 1.84. The van der Waals surface area contributed by atoms with Crippen molar-refractivity contribution in [2.45, 2.75) is 26.8 Å². The van der Waals surface area contributed by atoms with E-state index < -0.39 is 17.3 Å². The molecule has 0 aromatic heterocycles. The van der Waals surface area contributed by atoms with Gasteiger partial charge >= 0.3 is 0 Å². The second-order valence-corrected chi connectivity index (χ2v) is 4.77. The van der Waals surface area contributed by atoms with Crippen molar-refractivity contribution in [1.29, 1.82) is 0 Å². The van der Waals surface area contributed by atoms with E-state index in [-0.39, 0.29) is 5.78 Å². The number of nitrogens with zero attached hydrogens (tertiary/aromatic N) is 1. The Morgan fingerprint density at radius 2 is 2.22 bits per heavy atom. The van der Waals surface area contributed by atoms with Gasteiger partial charge in [0.2, 0.25) is 0 Å². The van der Waals surface area contributed by atoms with E-state index in [0.29, 0.717) is 16.8 Å². The SMILES string of the molecule is C=C/C=C1/C=C(C(C)=O)[C@@H](C)N(S(=O)O)/C1=C/C. The van der Waals surface area contributed by atoms with Crippen molar-refractivity contribution in [3.63, 3.8) is 0 Å². The number of hydrogen-bond acceptors (Lipinski definition) is 2. The van der Waals surface area contributed by atoms with Crippen LogP contribution in [0.4, 0.5) is 0 Å². The Labute approximate surface area is 110 Å². The average molecular weight is 267 g/mol. The zero-order valence-corrected chi connectivity index (χ0v) is 11.5. The van der Waals surface area contributed by atoms with Crippen LogP contribution in [0.2, 0.25) is 0 Å². The molecule has 0 spiro atoms. The third-order valence-corrected chi connectivity index (χ3v) is 3.64. The van der Waals surface area contributed by atoms with Gasteiger partial charge in [-0.15, -0.1) is 0 Å². The molecule has 1 aliphatic rings. The van der Waals surface area contributed by atoms with Crippen LogP contribution in [0.5, 0.6) is 0 Å². The summed E-state index contributed by atoms with van der Waals surface area (Å²) in [5, 5.41) is 0. The van der Waals surface area contributed by atoms with Crippen LogP contribution in [-0.2, 0) is 16.1 Å². The molecular formula is C13H17NO3S. The van der Waals surface area contributed by atoms with Crippen LogP contribution < -0.4 is 0 Å². The molecule has 0 saturated carbocycles. The van der Waals surface area contributed by atoms with Crippen molar-refractivity contribution < 1.29 is 13.6 Å². The van der Waals surface area contributed by atoms with Crippen LogP contribution in [0, 0.1) is 0 Å². The third kappa shape index (κ3) is 2.68. The summed E-state index contributed by atoms with van der Waals surface area (Å²) in [4.78, 5) is 11.6. The molecule has 5 heteroatoms. The van der Waals surface area contributed by atoms with Gasteiger partial charge in [0.15, 0.2) is 5.78 Å². The molecule has 1 N–H and O–H groups in total. The van der Waals surface area contributed by atoms with Crippen molar-refractivity contribution in [1.82, 2.24) is 4.31 Å². The molecule has 0 aliphatic carbocycles. The van der Waals surface area contributed by atoms with Gasteiger partial charge in [0, 0.05) is 5.57 Å². The molecule has 2 atom stereocenters. The van der Waals surface area contributed by atoms with E-state index in [0.717, 1.165) is 0 Å². The lowest BCUT2D eigenvalue weighted by Gasteiger charge is -2.34. The molecule has 0 amide bonds. The van der Waals surface area contributed by atoms with Gasteiger partial charge in [-0.05, 0) is 32.4 Å². The molecular weight excluding hydrogens is 250 g/mol. The zero-order valence-electron chi connectivity index (χ0n) is 10.7. The second-order valence-electron chi connectivity index (χ2n) is 3.92. The topological polar surface area (TPSA) is 57.6 Å². The molecule has 0 fully saturated rings. The number of rotatable bonds is 3. The first-order valence-electron chi connectivity index (χ1n) is 5.56. The molecule has 1 rings (SSSR count). The average Bonchev–Trinajstić information content (AvgIpc) is 2.29. The minimum Gasteiger partial charge on any atom is -0.295 e. The van der Waals surface area contributed by atoms with Gasteiger partial charge in [0.05, 0.1) is 11.7 Å². The van der Waals surface area contributed by atoms with Crippen LogP contribution in [0.15, 0.2) is 47.7 Å². The van der Waals surface area contributed by atoms with E-state index in [2.05, 4.69) is 6.58 Å². The van der Waals surface area contributed by atoms with Crippen molar-refractivity contribution in [2.75, 3.05) is 0 Å². The van der Waals surface area contributed by atoms with Gasteiger partial charge in [-0.1, -0.05) is 24.8 Å². The smallest absolute Gasteiger partial charge is 0.262 e. The molecule has 4 nitrogen and oxygen atoms in total. The van der Waals surface area contributed by atoms with Crippen molar-refractivity contribution >= 4 is 17.0 Å². The van der Waals surface area contributed by atoms with Gasteiger partial charge in [0.1, 0.15) is 0 Å². The van der Waals surface area contributed by atoms with E-state index in [9.17, 15) is 13.6 Å². The van der Waals surface area contributed by atoms with Crippen LogP contribution in [0.3, 0.4) is 0 Å². The maximum Gasteiger partial charge on any atom is 0.262 e. The number of carbonyl (C=O) groups is 1. The molecule has 18 heavy (non-hydrogen) atoms. The largest absolute Gasteiger partial charge is 0.295 e. The van der Waals surface area contributed by atoms with Crippen LogP contribution >= 0.6 is 0 Å². The summed E-state index contributed by atoms with van der Waals surface area (Å²) >= 11 is -2.18. The highest BCUT2D eigenvalue weighted by Crippen LogP contribution is 2.31. The first kappa shape index (κ1) is 14.6. The number of carbonyl (C=O) groups excluding carboxylic acids is 1. The molecule has 1 unspecified atom stereocenters. The number of ketones is 1. The predicted octanol–water partition coefficient (Wildman–Crippen LogP) is 2.36. The molecule has 1 heterocycles. The number of hydrogen-bond donors (Lipinski definition) is 1. The van der Waals surface area contributed by atoms with E-state index >= 15 is 0 Å². The second kappa shape index (κ2) is 5.93. The Kier molecular flexibility index (Phi) is 4.81. The molecule has 0 aromatic rings. The summed E-state index contributed by atoms with van der Waals surface area (Å²) < 4.78 is 22.2. The Morgan fingerprint density at radius 1 is 1.61 bits per heavy atom. The van der Waals surface area contributed by atoms with Crippen LogP contribution in [-0.4, -0.2) is 24.9 Å². The zero-order chi connectivity index (χ0) is 13.9. The molecule has 1 aliphatic heterocycles. The summed E-state index contributed by atoms with van der Waals surface area (Å²) in [6.45, 7) is 8.57. The van der Waals surface area contributed by atoms with Gasteiger partial charge in [-0.25, -0.2) is 4.21 Å². The fourth-order valence-electron chi connectivity index (χ4n) is 1.99. The first-order valence-corrected chi connectivity index (χ1v) is 6.62. The minimum absolute atomic E-state index is 0.108. The summed E-state index contributed by atoms with van der Waals surface area (Å²) in [5.74, 6) is -0.108. The lowest BCUT2D eigenvalue weighted by Crippen LogP contribution is -2.40. The first-order chi connectivity index (χ1) is 8.43. The lowest BCUT2D eigenvalue weighted by molar-refractivity contribution is -0.114. The monoisotopic (exact) mass is 267 g/mol. The quantitative estimate of drug-likeness (QED) is 0.799. The summed E-state index contributed by atoms with van der Waals surface area (Å²) in [7, 11) is 0. The van der Waals surface area contributed by atoms with Crippen LogP contribution in [0.25, 0.3) is 0 Å². The Bertz CT molecular complexity index is 488. The highest BCUT2D eigenvalue weighted by molar-refractivity contribution is 7.76. The van der Waals surface area contributed by atoms with Gasteiger partial charge < -0.3 is 0 Å². The van der Waals surface area contributed by atoms with E-state index in [1.807, 2.05) is 0 Å². The summed E-state index contributed by atoms with van der Waals surface area (Å²) in [6, 6.07) is -0.429. The third-order valence-electron chi connectivity index (χ3n) is 2.79. The molecule has 0 bridgehead atoms. The van der Waals surface area contributed by atoms with Crippen molar-refractivity contribution in [3.05, 3.63) is 47.7 Å². The van der Waals surface area contributed by atoms with Gasteiger partial charge in [-0.2, -0.15) is 0 Å². The van der Waals surface area contributed by atoms with Gasteiger partial charge in [0.25, 0.3) is 11.3 Å². The summed E-state index contributed by atoms with van der Waals surface area (Å²) in [6.07, 6.45) is 6.78. The van der Waals surface area contributed by atoms with E-state index in [1.165, 1.54) is 11.2 Å². The number of Topliss-reactive ketones (excluding diaryl/α,β-unsaturated/α-hetero) is 1. The maximum atomic E-state index is 11.6. The maximum absolute atomic E-state index is 11.6. The molecule has 0 saturated heterocycles. The Morgan fingerprint density at radius 3 is 2.61 bits per heavy atom. The Balaban J connectivity index is 3.46. The molecule has 0 aromatic carbocycles. The fraction of sp³-hybridized carbons (Fsp3) is 0.308. The highest BCUT2D eigenvalue weighted by Gasteiger charge is 2.32. The van der Waals surface area contributed by atoms with Crippen molar-refractivity contribution in [2.24, 2.45) is 0 Å². The fourth-order valence-corrected chi connectivity index (χ4v) is 2.76. The molecule has 0 radical (unpaired) electrons. The normalized spacial score (nSPS) is 26.1. The number of allylic oxidation sites excluding steroid dienone is 4. The lowest BCUT2D eigenvalue weighted by atomic mass is 9.94. The standard InChI is InChI=1S/C13H17NO3S/c1-5-7-11-8-12(10(4)15)9(3)14(18(16)17)13(11)6-2/h5-9H,1H2,2-4H3,(H,16,17)/b11-7-,13-6+/t9-/m1/s1. The van der Waals surface area contributed by atoms with E-state index in [4.69, 9.17) is 0 Å². The van der Waals surface area contributed by atoms with Gasteiger partial charge in [-0.3, -0.25) is 13.7 Å². The van der Waals surface area contributed by atoms with E-state index in [1.54, 1.807) is 38.2 Å². The van der Waals surface area contributed by atoms with Crippen LogP contribution in [0.1, 0.15) is 20.8 Å². The minimum atomic E-state index is -2.18. The predicted molar refractivity (Wildman–Crippen MR) is 72.9 cm³/mol. The van der Waals surface area contributed by atoms with Crippen molar-refractivity contribution in [3.8, 4) is 0 Å². The Hall–Kier alpha value is -1.46.